The minimum absolute atomic E-state index is 0.00260. The van der Waals surface area contributed by atoms with Gasteiger partial charge in [-0.25, -0.2) is 0 Å². The molecule has 0 saturated heterocycles. The fraction of sp³-hybridized carbons (Fsp3) is 0.676. The zero-order chi connectivity index (χ0) is 30.4. The van der Waals surface area contributed by atoms with Crippen LogP contribution in [0.1, 0.15) is 99.8 Å². The fourth-order valence-corrected chi connectivity index (χ4v) is 11.6. The highest BCUT2D eigenvalue weighted by molar-refractivity contribution is 5.97. The lowest BCUT2D eigenvalue weighted by Gasteiger charge is -2.72. The quantitative estimate of drug-likeness (QED) is 0.191. The van der Waals surface area contributed by atoms with Crippen molar-refractivity contribution >= 4 is 11.8 Å². The average molecular weight is 561 g/mol. The smallest absolute Gasteiger partial charge is 0.312 e. The third-order valence-electron chi connectivity index (χ3n) is 13.6. The maximum Gasteiger partial charge on any atom is 0.312 e. The summed E-state index contributed by atoms with van der Waals surface area (Å²) in [5.74, 6) is 0.946. The number of allylic oxidation sites excluding steroid dienone is 6. The van der Waals surface area contributed by atoms with Gasteiger partial charge in [-0.3, -0.25) is 9.59 Å². The van der Waals surface area contributed by atoms with Crippen LogP contribution in [0, 0.1) is 49.7 Å². The number of carbonyl (C=O) groups is 2. The lowest BCUT2D eigenvalue weighted by Crippen LogP contribution is -2.69. The van der Waals surface area contributed by atoms with E-state index in [1.807, 2.05) is 18.2 Å². The number of esters is 1. The van der Waals surface area contributed by atoms with Gasteiger partial charge in [-0.2, -0.15) is 0 Å². The average Bonchev–Trinajstić information content (AvgIpc) is 2.90. The molecular formula is C37H52O4. The summed E-state index contributed by atoms with van der Waals surface area (Å²) >= 11 is 0. The van der Waals surface area contributed by atoms with Gasteiger partial charge < -0.3 is 9.47 Å². The molecule has 0 heterocycles. The molecule has 0 N–H and O–H groups in total. The summed E-state index contributed by atoms with van der Waals surface area (Å²) in [5, 5.41) is 0. The Hall–Kier alpha value is -2.36. The maximum atomic E-state index is 14.9. The first-order valence-corrected chi connectivity index (χ1v) is 15.6. The summed E-state index contributed by atoms with van der Waals surface area (Å²) < 4.78 is 11.6. The van der Waals surface area contributed by atoms with Crippen LogP contribution in [-0.4, -0.2) is 18.9 Å². The lowest BCUT2D eigenvalue weighted by molar-refractivity contribution is -0.211. The monoisotopic (exact) mass is 560 g/mol. The maximum absolute atomic E-state index is 14.9. The van der Waals surface area contributed by atoms with Gasteiger partial charge in [-0.05, 0) is 90.6 Å². The molecule has 5 rings (SSSR count). The Bertz CT molecular complexity index is 1280. The SMILES string of the molecule is C=COC1=C(C=C)C[C@]2(C)C3=CC(=O)[C@@H]4[C@]5(C=C)CC(C)(C)CC[C@]5(C(=O)OC)CC[C@@]4(C)[C@]3(C)CCC2C1(C)C. The molecule has 0 amide bonds. The summed E-state index contributed by atoms with van der Waals surface area (Å²) in [6.45, 7) is 28.7. The van der Waals surface area contributed by atoms with E-state index in [1.165, 1.54) is 18.9 Å². The van der Waals surface area contributed by atoms with Gasteiger partial charge in [0.1, 0.15) is 5.76 Å². The normalized spacial score (nSPS) is 44.2. The second-order valence-electron chi connectivity index (χ2n) is 16.1. The van der Waals surface area contributed by atoms with Crippen LogP contribution in [-0.2, 0) is 19.1 Å². The Morgan fingerprint density at radius 3 is 2.22 bits per heavy atom. The first kappa shape index (κ1) is 30.1. The van der Waals surface area contributed by atoms with Crippen LogP contribution in [0.2, 0.25) is 0 Å². The van der Waals surface area contributed by atoms with E-state index < -0.39 is 10.8 Å². The molecule has 7 atom stereocenters. The van der Waals surface area contributed by atoms with E-state index in [9.17, 15) is 9.59 Å². The zero-order valence-electron chi connectivity index (χ0n) is 26.9. The number of rotatable bonds is 5. The molecule has 3 fully saturated rings. The molecular weight excluding hydrogens is 508 g/mol. The molecule has 0 aromatic heterocycles. The zero-order valence-corrected chi connectivity index (χ0v) is 26.9. The van der Waals surface area contributed by atoms with E-state index in [-0.39, 0.29) is 44.7 Å². The van der Waals surface area contributed by atoms with Crippen molar-refractivity contribution in [2.75, 3.05) is 7.11 Å². The minimum Gasteiger partial charge on any atom is -0.469 e. The number of carbonyl (C=O) groups excluding carboxylic acids is 2. The molecule has 224 valence electrons. The van der Waals surface area contributed by atoms with Gasteiger partial charge in [0.05, 0.1) is 18.8 Å². The minimum atomic E-state index is -0.718. The van der Waals surface area contributed by atoms with Gasteiger partial charge in [0.15, 0.2) is 5.78 Å². The van der Waals surface area contributed by atoms with Crippen molar-refractivity contribution in [2.45, 2.75) is 99.8 Å². The number of ketones is 1. The molecule has 41 heavy (non-hydrogen) atoms. The van der Waals surface area contributed by atoms with Gasteiger partial charge in [-0.1, -0.05) is 79.3 Å². The standard InChI is InChI=1S/C37H52O4/c1-12-24-22-33(8)26(32(6,7)29(24)41-14-3)15-16-34(9)27(33)21-25(38)28-35(34,10)18-20-37(30(39)40-11)19-17-31(4,5)23-36(28,37)13-2/h12-14,21,26,28H,1-3,15-20,22-23H2,4-11H3/t26?,28-,33-,34+,35+,36-,37+/m0/s1. The summed E-state index contributed by atoms with van der Waals surface area (Å²) in [6.07, 6.45) is 14.3. The molecule has 4 nitrogen and oxygen atoms in total. The number of fused-ring (bicyclic) bond motifs is 7. The molecule has 5 aliphatic rings. The summed E-state index contributed by atoms with van der Waals surface area (Å²) in [5.41, 5.74) is 0.0345. The third kappa shape index (κ3) is 3.51. The highest BCUT2D eigenvalue weighted by Crippen LogP contribution is 2.78. The van der Waals surface area contributed by atoms with E-state index in [0.717, 1.165) is 62.7 Å². The first-order chi connectivity index (χ1) is 19.0. The Morgan fingerprint density at radius 2 is 1.63 bits per heavy atom. The van der Waals surface area contributed by atoms with Crippen LogP contribution in [0.5, 0.6) is 0 Å². The van der Waals surface area contributed by atoms with E-state index >= 15 is 0 Å². The van der Waals surface area contributed by atoms with Crippen molar-refractivity contribution in [3.8, 4) is 0 Å². The van der Waals surface area contributed by atoms with E-state index in [4.69, 9.17) is 9.47 Å². The van der Waals surface area contributed by atoms with Crippen molar-refractivity contribution in [3.05, 3.63) is 61.1 Å². The molecule has 0 bridgehead atoms. The van der Waals surface area contributed by atoms with Gasteiger partial charge in [0, 0.05) is 16.7 Å². The van der Waals surface area contributed by atoms with Gasteiger partial charge in [0.2, 0.25) is 0 Å². The van der Waals surface area contributed by atoms with Crippen molar-refractivity contribution in [3.63, 3.8) is 0 Å². The topological polar surface area (TPSA) is 52.6 Å². The molecule has 5 aliphatic carbocycles. The van der Waals surface area contributed by atoms with E-state index in [0.29, 0.717) is 5.92 Å². The van der Waals surface area contributed by atoms with Gasteiger partial charge in [0.25, 0.3) is 0 Å². The van der Waals surface area contributed by atoms with Gasteiger partial charge in [-0.15, -0.1) is 6.58 Å². The Morgan fingerprint density at radius 1 is 0.976 bits per heavy atom. The predicted molar refractivity (Wildman–Crippen MR) is 164 cm³/mol. The second-order valence-corrected chi connectivity index (χ2v) is 16.1. The number of ether oxygens (including phenoxy) is 2. The number of hydrogen-bond donors (Lipinski definition) is 0. The van der Waals surface area contributed by atoms with Crippen molar-refractivity contribution in [1.29, 1.82) is 0 Å². The third-order valence-corrected chi connectivity index (χ3v) is 13.6. The van der Waals surface area contributed by atoms with Crippen molar-refractivity contribution < 1.29 is 19.1 Å². The van der Waals surface area contributed by atoms with Crippen LogP contribution in [0.3, 0.4) is 0 Å². The first-order valence-electron chi connectivity index (χ1n) is 15.6. The number of hydrogen-bond acceptors (Lipinski definition) is 4. The largest absolute Gasteiger partial charge is 0.469 e. The molecule has 0 aromatic carbocycles. The lowest BCUT2D eigenvalue weighted by atomic mass is 9.30. The van der Waals surface area contributed by atoms with Gasteiger partial charge >= 0.3 is 5.97 Å². The highest BCUT2D eigenvalue weighted by atomic mass is 16.5. The predicted octanol–water partition coefficient (Wildman–Crippen LogP) is 8.91. The molecule has 0 aliphatic heterocycles. The summed E-state index contributed by atoms with van der Waals surface area (Å²) in [7, 11) is 1.50. The highest BCUT2D eigenvalue weighted by Gasteiger charge is 2.75. The van der Waals surface area contributed by atoms with E-state index in [1.54, 1.807) is 0 Å². The van der Waals surface area contributed by atoms with Crippen molar-refractivity contribution in [2.24, 2.45) is 49.7 Å². The van der Waals surface area contributed by atoms with Crippen LogP contribution in [0.15, 0.2) is 61.1 Å². The van der Waals surface area contributed by atoms with Crippen LogP contribution in [0.25, 0.3) is 0 Å². The Kier molecular flexibility index (Phi) is 6.66. The van der Waals surface area contributed by atoms with Crippen molar-refractivity contribution in [1.82, 2.24) is 0 Å². The molecule has 3 saturated carbocycles. The summed E-state index contributed by atoms with van der Waals surface area (Å²) in [4.78, 5) is 28.6. The molecule has 0 spiro atoms. The molecule has 0 aromatic rings. The Balaban J connectivity index is 1.74. The van der Waals surface area contributed by atoms with Crippen LogP contribution in [0.4, 0.5) is 0 Å². The number of methoxy groups -OCH3 is 1. The fourth-order valence-electron chi connectivity index (χ4n) is 11.6. The van der Waals surface area contributed by atoms with Crippen LogP contribution >= 0.6 is 0 Å². The summed E-state index contributed by atoms with van der Waals surface area (Å²) in [6, 6.07) is 0. The van der Waals surface area contributed by atoms with Crippen LogP contribution < -0.4 is 0 Å². The molecule has 1 unspecified atom stereocenters. The Labute approximate surface area is 248 Å². The molecule has 4 heteroatoms. The van der Waals surface area contributed by atoms with E-state index in [2.05, 4.69) is 68.2 Å². The second kappa shape index (κ2) is 9.07. The molecule has 0 radical (unpaired) electrons.